The van der Waals surface area contributed by atoms with Crippen LogP contribution in [0, 0.1) is 17.3 Å². The highest BCUT2D eigenvalue weighted by Crippen LogP contribution is 2.34. The first-order chi connectivity index (χ1) is 10.2. The van der Waals surface area contributed by atoms with Gasteiger partial charge in [0.1, 0.15) is 11.5 Å². The highest BCUT2D eigenvalue weighted by molar-refractivity contribution is 5.49. The van der Waals surface area contributed by atoms with Crippen LogP contribution in [-0.2, 0) is 5.54 Å². The van der Waals surface area contributed by atoms with Crippen LogP contribution in [0.2, 0.25) is 0 Å². The number of terminal acetylenes is 1. The van der Waals surface area contributed by atoms with E-state index in [2.05, 4.69) is 11.1 Å². The van der Waals surface area contributed by atoms with Gasteiger partial charge >= 0.3 is 0 Å². The fourth-order valence-corrected chi connectivity index (χ4v) is 2.13. The second-order valence-corrected chi connectivity index (χ2v) is 4.40. The van der Waals surface area contributed by atoms with Gasteiger partial charge in [0.05, 0.1) is 14.2 Å². The summed E-state index contributed by atoms with van der Waals surface area (Å²) in [5.41, 5.74) is -0.129. The van der Waals surface area contributed by atoms with Gasteiger partial charge in [-0.05, 0) is 29.4 Å². The summed E-state index contributed by atoms with van der Waals surface area (Å²) in [6, 6.07) is 13.9. The van der Waals surface area contributed by atoms with Crippen molar-refractivity contribution < 1.29 is 9.47 Å². The molecular formula is C17H15NO3. The van der Waals surface area contributed by atoms with Crippen molar-refractivity contribution in [3.8, 4) is 23.8 Å². The molecular weight excluding hydrogens is 266 g/mol. The minimum absolute atomic E-state index is 0.617. The molecule has 2 rings (SSSR count). The zero-order valence-corrected chi connectivity index (χ0v) is 11.9. The molecule has 2 aromatic carbocycles. The molecule has 0 N–H and O–H groups in total. The number of rotatable bonds is 5. The maximum atomic E-state index is 11.5. The van der Waals surface area contributed by atoms with Crippen LogP contribution in [0.1, 0.15) is 11.1 Å². The van der Waals surface area contributed by atoms with Crippen LogP contribution >= 0.6 is 0 Å². The molecule has 0 atom stereocenters. The second-order valence-electron chi connectivity index (χ2n) is 4.40. The van der Waals surface area contributed by atoms with E-state index in [1.165, 1.54) is 0 Å². The van der Waals surface area contributed by atoms with Gasteiger partial charge in [-0.3, -0.25) is 0 Å². The summed E-state index contributed by atoms with van der Waals surface area (Å²) in [7, 11) is 3.15. The monoisotopic (exact) mass is 281 g/mol. The Morgan fingerprint density at radius 1 is 0.905 bits per heavy atom. The summed E-state index contributed by atoms with van der Waals surface area (Å²) < 4.78 is 10.2. The maximum Gasteiger partial charge on any atom is 0.212 e. The van der Waals surface area contributed by atoms with Crippen LogP contribution in [-0.4, -0.2) is 14.2 Å². The van der Waals surface area contributed by atoms with Crippen molar-refractivity contribution in [2.45, 2.75) is 5.54 Å². The van der Waals surface area contributed by atoms with E-state index in [0.717, 1.165) is 0 Å². The standard InChI is InChI=1S/C17H15NO3/c1-4-17(18-19,13-5-9-15(20-2)10-6-13)14-7-11-16(21-3)12-8-14/h1,5-12H,2-3H3. The van der Waals surface area contributed by atoms with Crippen molar-refractivity contribution in [2.24, 2.45) is 5.18 Å². The Hall–Kier alpha value is -2.80. The molecule has 0 saturated carbocycles. The lowest BCUT2D eigenvalue weighted by Crippen LogP contribution is -2.22. The van der Waals surface area contributed by atoms with Gasteiger partial charge in [0, 0.05) is 11.1 Å². The van der Waals surface area contributed by atoms with E-state index in [-0.39, 0.29) is 0 Å². The number of hydrogen-bond donors (Lipinski definition) is 0. The first-order valence-corrected chi connectivity index (χ1v) is 6.31. The van der Waals surface area contributed by atoms with Gasteiger partial charge in [-0.15, -0.1) is 11.3 Å². The van der Waals surface area contributed by atoms with Gasteiger partial charge in [-0.25, -0.2) is 0 Å². The van der Waals surface area contributed by atoms with Crippen molar-refractivity contribution in [3.63, 3.8) is 0 Å². The Morgan fingerprint density at radius 2 is 1.29 bits per heavy atom. The summed E-state index contributed by atoms with van der Waals surface area (Å²) >= 11 is 0. The fourth-order valence-electron chi connectivity index (χ4n) is 2.13. The molecule has 0 aliphatic rings. The lowest BCUT2D eigenvalue weighted by atomic mass is 9.84. The van der Waals surface area contributed by atoms with Crippen LogP contribution in [0.3, 0.4) is 0 Å². The number of benzene rings is 2. The molecule has 0 aromatic heterocycles. The number of methoxy groups -OCH3 is 2. The van der Waals surface area contributed by atoms with E-state index in [0.29, 0.717) is 22.6 Å². The van der Waals surface area contributed by atoms with Crippen molar-refractivity contribution >= 4 is 0 Å². The smallest absolute Gasteiger partial charge is 0.212 e. The van der Waals surface area contributed by atoms with Gasteiger partial charge in [0.25, 0.3) is 0 Å². The van der Waals surface area contributed by atoms with Crippen molar-refractivity contribution in [2.75, 3.05) is 14.2 Å². The van der Waals surface area contributed by atoms with Gasteiger partial charge in [0.15, 0.2) is 0 Å². The molecule has 0 aliphatic heterocycles. The van der Waals surface area contributed by atoms with Crippen molar-refractivity contribution in [1.29, 1.82) is 0 Å². The molecule has 0 heterocycles. The summed E-state index contributed by atoms with van der Waals surface area (Å²) in [4.78, 5) is 11.5. The third kappa shape index (κ3) is 2.59. The molecule has 2 aromatic rings. The minimum Gasteiger partial charge on any atom is -0.497 e. The van der Waals surface area contributed by atoms with Gasteiger partial charge in [0.2, 0.25) is 5.54 Å². The SMILES string of the molecule is C#CC(N=O)(c1ccc(OC)cc1)c1ccc(OC)cc1. The van der Waals surface area contributed by atoms with Crippen LogP contribution in [0.4, 0.5) is 0 Å². The molecule has 0 amide bonds. The Balaban J connectivity index is 2.52. The van der Waals surface area contributed by atoms with Gasteiger partial charge < -0.3 is 9.47 Å². The summed E-state index contributed by atoms with van der Waals surface area (Å²) in [6.45, 7) is 0. The average Bonchev–Trinajstić information content (AvgIpc) is 2.57. The quantitative estimate of drug-likeness (QED) is 0.623. The molecule has 0 bridgehead atoms. The fraction of sp³-hybridized carbons (Fsp3) is 0.176. The minimum atomic E-state index is -1.36. The molecule has 0 radical (unpaired) electrons. The van der Waals surface area contributed by atoms with Gasteiger partial charge in [-0.1, -0.05) is 30.2 Å². The summed E-state index contributed by atoms with van der Waals surface area (Å²) in [5, 5.41) is 3.22. The first-order valence-electron chi connectivity index (χ1n) is 6.31. The number of ether oxygens (including phenoxy) is 2. The molecule has 4 heteroatoms. The highest BCUT2D eigenvalue weighted by Gasteiger charge is 2.34. The van der Waals surface area contributed by atoms with E-state index in [1.54, 1.807) is 62.8 Å². The normalized spacial score (nSPS) is 10.5. The van der Waals surface area contributed by atoms with E-state index in [1.807, 2.05) is 0 Å². The summed E-state index contributed by atoms with van der Waals surface area (Å²) in [6.07, 6.45) is 5.62. The average molecular weight is 281 g/mol. The van der Waals surface area contributed by atoms with Crippen molar-refractivity contribution in [3.05, 3.63) is 64.6 Å². The lowest BCUT2D eigenvalue weighted by molar-refractivity contribution is 0.414. The first kappa shape index (κ1) is 14.6. The van der Waals surface area contributed by atoms with E-state index >= 15 is 0 Å². The molecule has 0 aliphatic carbocycles. The summed E-state index contributed by atoms with van der Waals surface area (Å²) in [5.74, 6) is 3.88. The Kier molecular flexibility index (Phi) is 4.24. The van der Waals surface area contributed by atoms with Crippen LogP contribution in [0.5, 0.6) is 11.5 Å². The number of nitrogens with zero attached hydrogens (tertiary/aromatic N) is 1. The van der Waals surface area contributed by atoms with Crippen LogP contribution in [0.25, 0.3) is 0 Å². The zero-order chi connectivity index (χ0) is 15.3. The van der Waals surface area contributed by atoms with E-state index in [4.69, 9.17) is 15.9 Å². The van der Waals surface area contributed by atoms with Crippen LogP contribution < -0.4 is 9.47 Å². The Morgan fingerprint density at radius 3 is 1.52 bits per heavy atom. The Labute approximate surface area is 123 Å². The second kappa shape index (κ2) is 6.10. The third-order valence-electron chi connectivity index (χ3n) is 3.36. The number of hydrogen-bond acceptors (Lipinski definition) is 4. The highest BCUT2D eigenvalue weighted by atomic mass is 16.5. The molecule has 0 unspecified atom stereocenters. The maximum absolute atomic E-state index is 11.5. The number of nitroso groups, excluding NO2 is 1. The molecule has 4 nitrogen and oxygen atoms in total. The molecule has 106 valence electrons. The lowest BCUT2D eigenvalue weighted by Gasteiger charge is -2.22. The zero-order valence-electron chi connectivity index (χ0n) is 11.9. The molecule has 0 saturated heterocycles. The predicted octanol–water partition coefficient (Wildman–Crippen LogP) is 3.35. The van der Waals surface area contributed by atoms with Crippen molar-refractivity contribution in [1.82, 2.24) is 0 Å². The Bertz CT molecular complexity index is 606. The topological polar surface area (TPSA) is 47.9 Å². The molecule has 0 spiro atoms. The van der Waals surface area contributed by atoms with Gasteiger partial charge in [-0.2, -0.15) is 0 Å². The molecule has 0 fully saturated rings. The van der Waals surface area contributed by atoms with Crippen LogP contribution in [0.15, 0.2) is 53.7 Å². The predicted molar refractivity (Wildman–Crippen MR) is 81.4 cm³/mol. The largest absolute Gasteiger partial charge is 0.497 e. The van der Waals surface area contributed by atoms with E-state index in [9.17, 15) is 4.91 Å². The third-order valence-corrected chi connectivity index (χ3v) is 3.36. The molecule has 21 heavy (non-hydrogen) atoms. The van der Waals surface area contributed by atoms with E-state index < -0.39 is 5.54 Å².